The number of ether oxygens (including phenoxy) is 1. The third-order valence-corrected chi connectivity index (χ3v) is 6.74. The van der Waals surface area contributed by atoms with E-state index in [0.29, 0.717) is 31.6 Å². The fourth-order valence-electron chi connectivity index (χ4n) is 2.96. The summed E-state index contributed by atoms with van der Waals surface area (Å²) < 4.78 is 30.5. The highest BCUT2D eigenvalue weighted by atomic mass is 32.2. The van der Waals surface area contributed by atoms with Gasteiger partial charge in [0, 0.05) is 38.6 Å². The van der Waals surface area contributed by atoms with Crippen molar-refractivity contribution in [2.24, 2.45) is 5.92 Å². The first-order valence-corrected chi connectivity index (χ1v) is 11.0. The molecule has 1 heterocycles. The van der Waals surface area contributed by atoms with E-state index >= 15 is 0 Å². The maximum Gasteiger partial charge on any atom is 0.309 e. The van der Waals surface area contributed by atoms with Gasteiger partial charge in [-0.25, -0.2) is 12.7 Å². The summed E-state index contributed by atoms with van der Waals surface area (Å²) in [6.07, 6.45) is -0.130. The standard InChI is InChI=1S/C19H29N3O5S/c1-5-28(25,26)22-12-10-15(11-13-22)19(24)27-14(2)18(23)20-16-6-8-17(9-7-16)21(3)4/h6-9,14-15H,5,10-13H2,1-4H3,(H,20,23). The van der Waals surface area contributed by atoms with Gasteiger partial charge in [0.15, 0.2) is 6.10 Å². The maximum atomic E-state index is 12.3. The van der Waals surface area contributed by atoms with Crippen LogP contribution in [0, 0.1) is 5.92 Å². The van der Waals surface area contributed by atoms with Crippen LogP contribution in [0.5, 0.6) is 0 Å². The molecule has 0 spiro atoms. The molecule has 1 atom stereocenters. The third-order valence-electron chi connectivity index (χ3n) is 4.86. The predicted molar refractivity (Wildman–Crippen MR) is 109 cm³/mol. The van der Waals surface area contributed by atoms with Crippen molar-refractivity contribution < 1.29 is 22.7 Å². The molecule has 0 bridgehead atoms. The zero-order valence-corrected chi connectivity index (χ0v) is 17.7. The Hall–Kier alpha value is -2.13. The first-order chi connectivity index (χ1) is 13.1. The summed E-state index contributed by atoms with van der Waals surface area (Å²) in [4.78, 5) is 26.6. The summed E-state index contributed by atoms with van der Waals surface area (Å²) in [7, 11) is 0.620. The Kier molecular flexibility index (Phi) is 7.42. The van der Waals surface area contributed by atoms with Gasteiger partial charge >= 0.3 is 5.97 Å². The van der Waals surface area contributed by atoms with Crippen LogP contribution < -0.4 is 10.2 Å². The quantitative estimate of drug-likeness (QED) is 0.686. The second kappa shape index (κ2) is 9.38. The van der Waals surface area contributed by atoms with Crippen molar-refractivity contribution in [3.05, 3.63) is 24.3 Å². The molecular formula is C19H29N3O5S. The Morgan fingerprint density at radius 2 is 1.79 bits per heavy atom. The molecule has 0 aliphatic carbocycles. The molecule has 1 saturated heterocycles. The van der Waals surface area contributed by atoms with Gasteiger partial charge in [-0.1, -0.05) is 0 Å². The largest absolute Gasteiger partial charge is 0.452 e. The lowest BCUT2D eigenvalue weighted by atomic mass is 9.98. The monoisotopic (exact) mass is 411 g/mol. The van der Waals surface area contributed by atoms with E-state index in [1.807, 2.05) is 31.1 Å². The molecule has 2 rings (SSSR count). The summed E-state index contributed by atoms with van der Waals surface area (Å²) in [5.41, 5.74) is 1.63. The second-order valence-electron chi connectivity index (χ2n) is 7.08. The van der Waals surface area contributed by atoms with Gasteiger partial charge in [0.25, 0.3) is 5.91 Å². The molecule has 156 valence electrons. The number of hydrogen-bond donors (Lipinski definition) is 1. The number of carbonyl (C=O) groups excluding carboxylic acids is 2. The van der Waals surface area contributed by atoms with Crippen LogP contribution in [0.2, 0.25) is 0 Å². The number of benzene rings is 1. The van der Waals surface area contributed by atoms with Crippen molar-refractivity contribution in [3.63, 3.8) is 0 Å². The molecule has 1 unspecified atom stereocenters. The third kappa shape index (κ3) is 5.68. The minimum absolute atomic E-state index is 0.0504. The van der Waals surface area contributed by atoms with Crippen molar-refractivity contribution >= 4 is 33.3 Å². The number of nitrogens with one attached hydrogen (secondary N) is 1. The number of amides is 1. The van der Waals surface area contributed by atoms with Gasteiger partial charge in [-0.2, -0.15) is 0 Å². The number of esters is 1. The van der Waals surface area contributed by atoms with Gasteiger partial charge in [-0.05, 0) is 51.0 Å². The number of piperidine rings is 1. The van der Waals surface area contributed by atoms with Gasteiger partial charge in [-0.15, -0.1) is 0 Å². The number of carbonyl (C=O) groups is 2. The molecule has 1 fully saturated rings. The Morgan fingerprint density at radius 3 is 2.29 bits per heavy atom. The molecule has 8 nitrogen and oxygen atoms in total. The molecule has 1 aliphatic rings. The van der Waals surface area contributed by atoms with Gasteiger partial charge in [0.05, 0.1) is 11.7 Å². The first-order valence-electron chi connectivity index (χ1n) is 9.40. The van der Waals surface area contributed by atoms with E-state index < -0.39 is 33.9 Å². The highest BCUT2D eigenvalue weighted by Crippen LogP contribution is 2.22. The van der Waals surface area contributed by atoms with Crippen LogP contribution in [-0.2, 0) is 24.3 Å². The van der Waals surface area contributed by atoms with E-state index in [4.69, 9.17) is 4.74 Å². The van der Waals surface area contributed by atoms with Crippen molar-refractivity contribution in [1.82, 2.24) is 4.31 Å². The molecule has 0 aromatic heterocycles. The Labute approximate surface area is 166 Å². The Balaban J connectivity index is 1.84. The number of sulfonamides is 1. The molecule has 1 aromatic rings. The second-order valence-corrected chi connectivity index (χ2v) is 9.34. The van der Waals surface area contributed by atoms with Crippen molar-refractivity contribution in [2.45, 2.75) is 32.8 Å². The summed E-state index contributed by atoms with van der Waals surface area (Å²) in [5, 5.41) is 2.73. The fourth-order valence-corrected chi connectivity index (χ4v) is 4.10. The van der Waals surface area contributed by atoms with Crippen LogP contribution in [0.15, 0.2) is 24.3 Å². The predicted octanol–water partition coefficient (Wildman–Crippen LogP) is 1.68. The lowest BCUT2D eigenvalue weighted by Gasteiger charge is -2.30. The molecule has 9 heteroatoms. The van der Waals surface area contributed by atoms with E-state index in [0.717, 1.165) is 5.69 Å². The summed E-state index contributed by atoms with van der Waals surface area (Å²) in [5.74, 6) is -1.21. The Bertz CT molecular complexity index is 784. The van der Waals surface area contributed by atoms with E-state index in [9.17, 15) is 18.0 Å². The van der Waals surface area contributed by atoms with Crippen molar-refractivity contribution in [1.29, 1.82) is 0 Å². The van der Waals surface area contributed by atoms with Gasteiger partial charge in [0.2, 0.25) is 10.0 Å². The summed E-state index contributed by atoms with van der Waals surface area (Å²) in [6.45, 7) is 3.73. The average molecular weight is 412 g/mol. The van der Waals surface area contributed by atoms with Crippen LogP contribution in [0.25, 0.3) is 0 Å². The lowest BCUT2D eigenvalue weighted by molar-refractivity contribution is -0.158. The van der Waals surface area contributed by atoms with E-state index in [-0.39, 0.29) is 5.75 Å². The number of hydrogen-bond acceptors (Lipinski definition) is 6. The van der Waals surface area contributed by atoms with Crippen molar-refractivity contribution in [3.8, 4) is 0 Å². The van der Waals surface area contributed by atoms with Crippen LogP contribution >= 0.6 is 0 Å². The van der Waals surface area contributed by atoms with Crippen LogP contribution in [0.4, 0.5) is 11.4 Å². The zero-order chi connectivity index (χ0) is 20.9. The van der Waals surface area contributed by atoms with Gasteiger partial charge in [-0.3, -0.25) is 9.59 Å². The van der Waals surface area contributed by atoms with E-state index in [1.54, 1.807) is 19.1 Å². The zero-order valence-electron chi connectivity index (χ0n) is 16.8. The maximum absolute atomic E-state index is 12.3. The normalized spacial score (nSPS) is 17.0. The van der Waals surface area contributed by atoms with Crippen molar-refractivity contribution in [2.75, 3.05) is 43.2 Å². The molecule has 28 heavy (non-hydrogen) atoms. The Morgan fingerprint density at radius 1 is 1.21 bits per heavy atom. The van der Waals surface area contributed by atoms with Gasteiger partial charge in [0.1, 0.15) is 0 Å². The van der Waals surface area contributed by atoms with E-state index in [2.05, 4.69) is 5.32 Å². The van der Waals surface area contributed by atoms with Crippen LogP contribution in [0.1, 0.15) is 26.7 Å². The molecule has 0 radical (unpaired) electrons. The van der Waals surface area contributed by atoms with E-state index in [1.165, 1.54) is 11.2 Å². The topological polar surface area (TPSA) is 96.0 Å². The smallest absolute Gasteiger partial charge is 0.309 e. The molecule has 0 saturated carbocycles. The van der Waals surface area contributed by atoms with Gasteiger partial charge < -0.3 is 15.0 Å². The molecule has 1 amide bonds. The van der Waals surface area contributed by atoms with Crippen LogP contribution in [-0.4, -0.2) is 63.6 Å². The molecule has 1 aromatic carbocycles. The van der Waals surface area contributed by atoms with Crippen LogP contribution in [0.3, 0.4) is 0 Å². The number of nitrogens with zero attached hydrogens (tertiary/aromatic N) is 2. The summed E-state index contributed by atoms with van der Waals surface area (Å²) >= 11 is 0. The average Bonchev–Trinajstić information content (AvgIpc) is 2.68. The number of rotatable bonds is 7. The SMILES string of the molecule is CCS(=O)(=O)N1CCC(C(=O)OC(C)C(=O)Nc2ccc(N(C)C)cc2)CC1. The highest BCUT2D eigenvalue weighted by molar-refractivity contribution is 7.89. The minimum atomic E-state index is -3.24. The summed E-state index contributed by atoms with van der Waals surface area (Å²) in [6, 6.07) is 7.33. The molecular weight excluding hydrogens is 382 g/mol. The minimum Gasteiger partial charge on any atom is -0.452 e. The first kappa shape index (κ1) is 22.2. The molecule has 1 N–H and O–H groups in total. The fraction of sp³-hybridized carbons (Fsp3) is 0.579. The molecule has 1 aliphatic heterocycles. The lowest BCUT2D eigenvalue weighted by Crippen LogP contribution is -2.42. The highest BCUT2D eigenvalue weighted by Gasteiger charge is 2.32. The number of anilines is 2.